The number of hydrogen-bond acceptors (Lipinski definition) is 6. The second kappa shape index (κ2) is 9.56. The molecule has 1 amide bonds. The van der Waals surface area contributed by atoms with Crippen molar-refractivity contribution in [3.8, 4) is 17.2 Å². The van der Waals surface area contributed by atoms with Gasteiger partial charge in [-0.15, -0.1) is 0 Å². The molecule has 0 saturated carbocycles. The zero-order valence-electron chi connectivity index (χ0n) is 16.9. The van der Waals surface area contributed by atoms with E-state index in [1.807, 2.05) is 50.2 Å². The molecule has 1 heterocycles. The molecule has 3 rings (SSSR count). The maximum atomic E-state index is 12.5. The molecule has 2 N–H and O–H groups in total. The van der Waals surface area contributed by atoms with Crippen LogP contribution in [0.5, 0.6) is 17.2 Å². The van der Waals surface area contributed by atoms with Crippen LogP contribution in [-0.4, -0.2) is 42.0 Å². The lowest BCUT2D eigenvalue weighted by Gasteiger charge is -2.12. The summed E-state index contributed by atoms with van der Waals surface area (Å²) in [6.45, 7) is 4.81. The van der Waals surface area contributed by atoms with Gasteiger partial charge in [0.25, 0.3) is 0 Å². The summed E-state index contributed by atoms with van der Waals surface area (Å²) in [5, 5.41) is 3.34. The third kappa shape index (κ3) is 5.14. The Morgan fingerprint density at radius 3 is 2.69 bits per heavy atom. The van der Waals surface area contributed by atoms with E-state index in [-0.39, 0.29) is 11.2 Å². The molecule has 0 fully saturated rings. The van der Waals surface area contributed by atoms with Crippen molar-refractivity contribution in [3.63, 3.8) is 0 Å². The van der Waals surface area contributed by atoms with E-state index in [1.54, 1.807) is 14.2 Å². The first-order chi connectivity index (χ1) is 14.0. The van der Waals surface area contributed by atoms with Gasteiger partial charge in [-0.25, -0.2) is 4.98 Å². The lowest BCUT2D eigenvalue weighted by Crippen LogP contribution is -2.30. The number of imidazole rings is 1. The number of nitrogens with one attached hydrogen (secondary N) is 2. The van der Waals surface area contributed by atoms with Crippen LogP contribution in [0.15, 0.2) is 41.6 Å². The van der Waals surface area contributed by atoms with Crippen LogP contribution in [0.4, 0.5) is 0 Å². The van der Waals surface area contributed by atoms with Crippen molar-refractivity contribution < 1.29 is 19.0 Å². The number of thioether (sulfide) groups is 1. The van der Waals surface area contributed by atoms with Crippen LogP contribution >= 0.6 is 11.8 Å². The molecule has 0 aliphatic carbocycles. The van der Waals surface area contributed by atoms with Gasteiger partial charge in [-0.1, -0.05) is 17.8 Å². The second-order valence-corrected chi connectivity index (χ2v) is 7.65. The maximum Gasteiger partial charge on any atom is 0.233 e. The Morgan fingerprint density at radius 1 is 1.17 bits per heavy atom. The average molecular weight is 416 g/mol. The van der Waals surface area contributed by atoms with Gasteiger partial charge in [0, 0.05) is 12.6 Å². The third-order valence-corrected chi connectivity index (χ3v) is 5.30. The fourth-order valence-corrected chi connectivity index (χ4v) is 3.67. The summed E-state index contributed by atoms with van der Waals surface area (Å²) in [5.74, 6) is 2.01. The molecular formula is C21H25N3O4S. The summed E-state index contributed by atoms with van der Waals surface area (Å²) in [7, 11) is 3.18. The molecule has 0 spiro atoms. The maximum absolute atomic E-state index is 12.5. The molecule has 0 aliphatic heterocycles. The molecule has 1 aromatic heterocycles. The summed E-state index contributed by atoms with van der Waals surface area (Å²) in [6, 6.07) is 11.3. The van der Waals surface area contributed by atoms with E-state index in [0.29, 0.717) is 29.8 Å². The van der Waals surface area contributed by atoms with Gasteiger partial charge >= 0.3 is 0 Å². The molecule has 8 heteroatoms. The standard InChI is InChI=1S/C21H25N3O4S/c1-5-28-15-7-8-16-17(11-15)24-21(23-16)29-13(2)20(25)22-12-14-6-9-18(26-3)19(10-14)27-4/h6-11,13H,5,12H2,1-4H3,(H,22,25)(H,23,24). The van der Waals surface area contributed by atoms with Gasteiger partial charge in [0.15, 0.2) is 16.7 Å². The van der Waals surface area contributed by atoms with Crippen LogP contribution in [0.1, 0.15) is 19.4 Å². The number of aromatic nitrogens is 2. The van der Waals surface area contributed by atoms with Gasteiger partial charge in [0.1, 0.15) is 5.75 Å². The van der Waals surface area contributed by atoms with E-state index >= 15 is 0 Å². The van der Waals surface area contributed by atoms with Crippen LogP contribution < -0.4 is 19.5 Å². The highest BCUT2D eigenvalue weighted by atomic mass is 32.2. The number of benzene rings is 2. The SMILES string of the molecule is CCOc1ccc2nc(SC(C)C(=O)NCc3ccc(OC)c(OC)c3)[nH]c2c1. The van der Waals surface area contributed by atoms with Crippen LogP contribution in [0.25, 0.3) is 11.0 Å². The van der Waals surface area contributed by atoms with E-state index < -0.39 is 0 Å². The molecule has 29 heavy (non-hydrogen) atoms. The topological polar surface area (TPSA) is 85.5 Å². The number of carbonyl (C=O) groups excluding carboxylic acids is 1. The summed E-state index contributed by atoms with van der Waals surface area (Å²) in [5.41, 5.74) is 2.66. The van der Waals surface area contributed by atoms with Crippen molar-refractivity contribution in [2.45, 2.75) is 30.8 Å². The highest BCUT2D eigenvalue weighted by molar-refractivity contribution is 8.00. The summed E-state index contributed by atoms with van der Waals surface area (Å²) in [6.07, 6.45) is 0. The zero-order valence-corrected chi connectivity index (χ0v) is 17.8. The van der Waals surface area contributed by atoms with E-state index in [0.717, 1.165) is 22.3 Å². The summed E-state index contributed by atoms with van der Waals surface area (Å²) >= 11 is 1.38. The van der Waals surface area contributed by atoms with Crippen LogP contribution in [0, 0.1) is 0 Å². The largest absolute Gasteiger partial charge is 0.494 e. The summed E-state index contributed by atoms with van der Waals surface area (Å²) in [4.78, 5) is 20.3. The van der Waals surface area contributed by atoms with Crippen molar-refractivity contribution in [3.05, 3.63) is 42.0 Å². The molecule has 0 aliphatic rings. The number of carbonyl (C=O) groups is 1. The number of methoxy groups -OCH3 is 2. The number of amides is 1. The highest BCUT2D eigenvalue weighted by Gasteiger charge is 2.17. The van der Waals surface area contributed by atoms with E-state index in [9.17, 15) is 4.79 Å². The molecule has 3 aromatic rings. The summed E-state index contributed by atoms with van der Waals surface area (Å²) < 4.78 is 16.0. The smallest absolute Gasteiger partial charge is 0.233 e. The van der Waals surface area contributed by atoms with Gasteiger partial charge in [-0.05, 0) is 43.7 Å². The lowest BCUT2D eigenvalue weighted by molar-refractivity contribution is -0.120. The third-order valence-electron chi connectivity index (χ3n) is 4.31. The highest BCUT2D eigenvalue weighted by Crippen LogP contribution is 2.28. The Bertz CT molecular complexity index is 989. The number of nitrogens with zero attached hydrogens (tertiary/aromatic N) is 1. The van der Waals surface area contributed by atoms with Gasteiger partial charge in [-0.2, -0.15) is 0 Å². The van der Waals surface area contributed by atoms with Gasteiger partial charge < -0.3 is 24.5 Å². The minimum absolute atomic E-state index is 0.0692. The first-order valence-electron chi connectivity index (χ1n) is 9.32. The predicted molar refractivity (Wildman–Crippen MR) is 114 cm³/mol. The van der Waals surface area contributed by atoms with Crippen LogP contribution in [0.3, 0.4) is 0 Å². The Morgan fingerprint density at radius 2 is 1.97 bits per heavy atom. The minimum Gasteiger partial charge on any atom is -0.494 e. The monoisotopic (exact) mass is 415 g/mol. The fourth-order valence-electron chi connectivity index (χ4n) is 2.82. The molecule has 0 saturated heterocycles. The molecule has 7 nitrogen and oxygen atoms in total. The first kappa shape index (κ1) is 20.9. The van der Waals surface area contributed by atoms with Crippen molar-refractivity contribution in [2.24, 2.45) is 0 Å². The number of rotatable bonds is 9. The van der Waals surface area contributed by atoms with Crippen LogP contribution in [0.2, 0.25) is 0 Å². The number of ether oxygens (including phenoxy) is 3. The Kier molecular flexibility index (Phi) is 6.87. The molecule has 0 radical (unpaired) electrons. The van der Waals surface area contributed by atoms with E-state index in [2.05, 4.69) is 15.3 Å². The van der Waals surface area contributed by atoms with Gasteiger partial charge in [0.05, 0.1) is 37.1 Å². The molecule has 0 bridgehead atoms. The predicted octanol–water partition coefficient (Wildman–Crippen LogP) is 3.78. The van der Waals surface area contributed by atoms with Crippen molar-refractivity contribution >= 4 is 28.7 Å². The molecule has 1 unspecified atom stereocenters. The van der Waals surface area contributed by atoms with Gasteiger partial charge in [0.2, 0.25) is 5.91 Å². The van der Waals surface area contributed by atoms with Crippen molar-refractivity contribution in [1.29, 1.82) is 0 Å². The van der Waals surface area contributed by atoms with Crippen molar-refractivity contribution in [2.75, 3.05) is 20.8 Å². The number of H-pyrrole nitrogens is 1. The minimum atomic E-state index is -0.304. The Balaban J connectivity index is 1.59. The van der Waals surface area contributed by atoms with E-state index in [4.69, 9.17) is 14.2 Å². The number of fused-ring (bicyclic) bond motifs is 1. The average Bonchev–Trinajstić information content (AvgIpc) is 3.13. The number of hydrogen-bond donors (Lipinski definition) is 2. The normalized spacial score (nSPS) is 11.9. The first-order valence-corrected chi connectivity index (χ1v) is 10.2. The Labute approximate surface area is 174 Å². The quantitative estimate of drug-likeness (QED) is 0.518. The molecular weight excluding hydrogens is 390 g/mol. The Hall–Kier alpha value is -2.87. The van der Waals surface area contributed by atoms with Gasteiger partial charge in [-0.3, -0.25) is 4.79 Å². The molecule has 154 valence electrons. The molecule has 2 aromatic carbocycles. The zero-order chi connectivity index (χ0) is 20.8. The second-order valence-electron chi connectivity index (χ2n) is 6.32. The lowest BCUT2D eigenvalue weighted by atomic mass is 10.2. The van der Waals surface area contributed by atoms with Crippen molar-refractivity contribution in [1.82, 2.24) is 15.3 Å². The fraction of sp³-hybridized carbons (Fsp3) is 0.333. The number of aromatic amines is 1. The molecule has 1 atom stereocenters. The van der Waals surface area contributed by atoms with Crippen LogP contribution in [-0.2, 0) is 11.3 Å². The van der Waals surface area contributed by atoms with E-state index in [1.165, 1.54) is 11.8 Å².